The lowest BCUT2D eigenvalue weighted by Crippen LogP contribution is -1.84. The molecule has 0 amide bonds. The van der Waals surface area contributed by atoms with Crippen LogP contribution < -0.4 is 0 Å². The van der Waals surface area contributed by atoms with Crippen LogP contribution >= 0.6 is 11.3 Å². The van der Waals surface area contributed by atoms with Crippen LogP contribution in [-0.4, -0.2) is 15.7 Å². The molecule has 0 atom stereocenters. The quantitative estimate of drug-likeness (QED) is 0.602. The fourth-order valence-electron chi connectivity index (χ4n) is 0.998. The van der Waals surface area contributed by atoms with Crippen molar-refractivity contribution >= 4 is 22.6 Å². The zero-order chi connectivity index (χ0) is 7.84. The summed E-state index contributed by atoms with van der Waals surface area (Å²) in [5, 5.41) is 1.80. The van der Waals surface area contributed by atoms with E-state index in [0.717, 1.165) is 16.9 Å². The van der Waals surface area contributed by atoms with E-state index in [1.807, 2.05) is 13.1 Å². The Morgan fingerprint density at radius 3 is 3.27 bits per heavy atom. The highest BCUT2D eigenvalue weighted by Gasteiger charge is 2.03. The fourth-order valence-corrected chi connectivity index (χ4v) is 1.86. The van der Waals surface area contributed by atoms with Gasteiger partial charge in [0.2, 0.25) is 0 Å². The molecular weight excluding hydrogens is 160 g/mol. The summed E-state index contributed by atoms with van der Waals surface area (Å²) in [7, 11) is 0. The van der Waals surface area contributed by atoms with Gasteiger partial charge in [-0.15, -0.1) is 11.3 Å². The van der Waals surface area contributed by atoms with Crippen molar-refractivity contribution in [2.75, 3.05) is 0 Å². The van der Waals surface area contributed by atoms with Crippen molar-refractivity contribution in [3.8, 4) is 0 Å². The molecule has 2 rings (SSSR count). The summed E-state index contributed by atoms with van der Waals surface area (Å²) in [4.78, 5) is 15.5. The van der Waals surface area contributed by atoms with Gasteiger partial charge in [-0.3, -0.25) is 9.20 Å². The first kappa shape index (κ1) is 6.54. The van der Waals surface area contributed by atoms with E-state index in [1.54, 1.807) is 9.78 Å². The van der Waals surface area contributed by atoms with Crippen LogP contribution in [0.3, 0.4) is 0 Å². The number of rotatable bonds is 1. The third kappa shape index (κ3) is 0.867. The molecule has 4 heteroatoms. The molecule has 0 aliphatic heterocycles. The zero-order valence-corrected chi connectivity index (χ0v) is 6.76. The molecule has 0 fully saturated rings. The average Bonchev–Trinajstić information content (AvgIpc) is 2.45. The van der Waals surface area contributed by atoms with E-state index in [9.17, 15) is 4.79 Å². The number of imidazole rings is 1. The number of nitrogens with zero attached hydrogens (tertiary/aromatic N) is 2. The van der Waals surface area contributed by atoms with Crippen molar-refractivity contribution in [2.24, 2.45) is 0 Å². The highest BCUT2D eigenvalue weighted by Crippen LogP contribution is 2.14. The number of thiazole rings is 1. The second-order valence-corrected chi connectivity index (χ2v) is 3.15. The summed E-state index contributed by atoms with van der Waals surface area (Å²) in [6.45, 7) is 1.91. The molecule has 2 aromatic heterocycles. The van der Waals surface area contributed by atoms with Crippen molar-refractivity contribution in [3.63, 3.8) is 0 Å². The van der Waals surface area contributed by atoms with Gasteiger partial charge in [0, 0.05) is 11.6 Å². The van der Waals surface area contributed by atoms with E-state index in [4.69, 9.17) is 0 Å². The molecule has 0 saturated heterocycles. The summed E-state index contributed by atoms with van der Waals surface area (Å²) in [5.41, 5.74) is 1.62. The van der Waals surface area contributed by atoms with Gasteiger partial charge < -0.3 is 0 Å². The SMILES string of the molecule is Cc1cn2c(C=O)csc2n1. The van der Waals surface area contributed by atoms with Gasteiger partial charge in [0.05, 0.1) is 11.4 Å². The number of aldehydes is 1. The summed E-state index contributed by atoms with van der Waals surface area (Å²) >= 11 is 1.48. The van der Waals surface area contributed by atoms with Crippen molar-refractivity contribution < 1.29 is 4.79 Å². The lowest BCUT2D eigenvalue weighted by molar-refractivity contribution is 0.111. The lowest BCUT2D eigenvalue weighted by Gasteiger charge is -1.82. The molecule has 0 unspecified atom stereocenters. The topological polar surface area (TPSA) is 34.4 Å². The highest BCUT2D eigenvalue weighted by molar-refractivity contribution is 7.15. The lowest BCUT2D eigenvalue weighted by atomic mass is 10.5. The standard InChI is InChI=1S/C7H6N2OS/c1-5-2-9-6(3-10)4-11-7(9)8-5/h2-4H,1H3. The minimum atomic E-state index is 0.672. The molecule has 0 saturated carbocycles. The third-order valence-corrected chi connectivity index (χ3v) is 2.34. The van der Waals surface area contributed by atoms with Gasteiger partial charge in [-0.25, -0.2) is 4.98 Å². The first-order valence-electron chi connectivity index (χ1n) is 3.19. The third-order valence-electron chi connectivity index (χ3n) is 1.48. The number of hydrogen-bond donors (Lipinski definition) is 0. The second kappa shape index (κ2) is 2.17. The van der Waals surface area contributed by atoms with E-state index < -0.39 is 0 Å². The van der Waals surface area contributed by atoms with Crippen LogP contribution in [0.2, 0.25) is 0 Å². The molecule has 0 N–H and O–H groups in total. The van der Waals surface area contributed by atoms with E-state index in [-0.39, 0.29) is 0 Å². The molecule has 2 aromatic rings. The van der Waals surface area contributed by atoms with E-state index >= 15 is 0 Å². The van der Waals surface area contributed by atoms with Crippen LogP contribution in [0, 0.1) is 6.92 Å². The zero-order valence-electron chi connectivity index (χ0n) is 5.94. The van der Waals surface area contributed by atoms with Crippen LogP contribution in [0.1, 0.15) is 16.2 Å². The Hall–Kier alpha value is -1.16. The minimum absolute atomic E-state index is 0.672. The molecule has 56 valence electrons. The largest absolute Gasteiger partial charge is 0.296 e. The molecule has 3 nitrogen and oxygen atoms in total. The Morgan fingerprint density at radius 1 is 1.73 bits per heavy atom. The van der Waals surface area contributed by atoms with Crippen molar-refractivity contribution in [3.05, 3.63) is 23.0 Å². The maximum absolute atomic E-state index is 10.4. The number of carbonyl (C=O) groups excluding carboxylic acids is 1. The van der Waals surface area contributed by atoms with Crippen LogP contribution in [0.4, 0.5) is 0 Å². The van der Waals surface area contributed by atoms with E-state index in [1.165, 1.54) is 11.3 Å². The average molecular weight is 166 g/mol. The fraction of sp³-hybridized carbons (Fsp3) is 0.143. The van der Waals surface area contributed by atoms with Gasteiger partial charge in [0.25, 0.3) is 0 Å². The summed E-state index contributed by atoms with van der Waals surface area (Å²) in [6, 6.07) is 0. The number of hydrogen-bond acceptors (Lipinski definition) is 3. The molecule has 0 aliphatic rings. The first-order valence-corrected chi connectivity index (χ1v) is 4.07. The molecule has 11 heavy (non-hydrogen) atoms. The Bertz CT molecular complexity index is 401. The van der Waals surface area contributed by atoms with Gasteiger partial charge in [0.1, 0.15) is 0 Å². The van der Waals surface area contributed by atoms with Crippen molar-refractivity contribution in [1.82, 2.24) is 9.38 Å². The number of aromatic nitrogens is 2. The smallest absolute Gasteiger partial charge is 0.194 e. The van der Waals surface area contributed by atoms with Gasteiger partial charge in [-0.1, -0.05) is 0 Å². The molecule has 0 aromatic carbocycles. The maximum Gasteiger partial charge on any atom is 0.194 e. The van der Waals surface area contributed by atoms with E-state index in [0.29, 0.717) is 5.69 Å². The van der Waals surface area contributed by atoms with E-state index in [2.05, 4.69) is 4.98 Å². The van der Waals surface area contributed by atoms with Crippen LogP contribution in [0.5, 0.6) is 0 Å². The molecule has 0 radical (unpaired) electrons. The van der Waals surface area contributed by atoms with Gasteiger partial charge in [0.15, 0.2) is 11.2 Å². The maximum atomic E-state index is 10.4. The number of carbonyl (C=O) groups is 1. The van der Waals surface area contributed by atoms with Crippen LogP contribution in [-0.2, 0) is 0 Å². The molecule has 0 aliphatic carbocycles. The second-order valence-electron chi connectivity index (χ2n) is 2.31. The Balaban J connectivity index is 2.83. The number of aryl methyl sites for hydroxylation is 1. The minimum Gasteiger partial charge on any atom is -0.296 e. The predicted octanol–water partition coefficient (Wildman–Crippen LogP) is 1.52. The summed E-state index contributed by atoms with van der Waals surface area (Å²) < 4.78 is 1.80. The highest BCUT2D eigenvalue weighted by atomic mass is 32.1. The molecular formula is C7H6N2OS. The first-order chi connectivity index (χ1) is 5.31. The van der Waals surface area contributed by atoms with Crippen molar-refractivity contribution in [1.29, 1.82) is 0 Å². The molecule has 0 spiro atoms. The van der Waals surface area contributed by atoms with Gasteiger partial charge >= 0.3 is 0 Å². The summed E-state index contributed by atoms with van der Waals surface area (Å²) in [6.07, 6.45) is 2.69. The van der Waals surface area contributed by atoms with Crippen molar-refractivity contribution in [2.45, 2.75) is 6.92 Å². The Labute approximate surface area is 67.3 Å². The predicted molar refractivity (Wildman–Crippen MR) is 43.2 cm³/mol. The molecule has 0 bridgehead atoms. The van der Waals surface area contributed by atoms with Gasteiger partial charge in [-0.2, -0.15) is 0 Å². The molecule has 2 heterocycles. The Morgan fingerprint density at radius 2 is 2.55 bits per heavy atom. The summed E-state index contributed by atoms with van der Waals surface area (Å²) in [5.74, 6) is 0. The number of fused-ring (bicyclic) bond motifs is 1. The Kier molecular flexibility index (Phi) is 1.29. The normalized spacial score (nSPS) is 10.6. The van der Waals surface area contributed by atoms with Crippen LogP contribution in [0.25, 0.3) is 4.96 Å². The monoisotopic (exact) mass is 166 g/mol. The van der Waals surface area contributed by atoms with Crippen LogP contribution in [0.15, 0.2) is 11.6 Å². The van der Waals surface area contributed by atoms with Gasteiger partial charge in [-0.05, 0) is 6.92 Å².